The Bertz CT molecular complexity index is 957. The summed E-state index contributed by atoms with van der Waals surface area (Å²) in [4.78, 5) is 24.3. The number of allylic oxidation sites excluding steroid dienone is 8. The van der Waals surface area contributed by atoms with Crippen molar-refractivity contribution >= 4 is 11.9 Å². The summed E-state index contributed by atoms with van der Waals surface area (Å²) >= 11 is 0. The van der Waals surface area contributed by atoms with Gasteiger partial charge in [-0.2, -0.15) is 0 Å². The van der Waals surface area contributed by atoms with Crippen molar-refractivity contribution in [1.29, 1.82) is 0 Å². The van der Waals surface area contributed by atoms with E-state index in [4.69, 9.17) is 4.74 Å². The van der Waals surface area contributed by atoms with Crippen LogP contribution in [0.3, 0.4) is 0 Å². The van der Waals surface area contributed by atoms with Crippen LogP contribution in [-0.4, -0.2) is 47.4 Å². The molecule has 0 aromatic carbocycles. The number of hydrogen-bond acceptors (Lipinski definition) is 5. The normalized spacial score (nSPS) is 13.1. The van der Waals surface area contributed by atoms with Crippen LogP contribution in [0.2, 0.25) is 0 Å². The number of aliphatic hydroxyl groups excluding tert-OH is 2. The molecule has 2 unspecified atom stereocenters. The van der Waals surface area contributed by atoms with Crippen LogP contribution >= 0.6 is 0 Å². The number of hydrogen-bond donors (Lipinski definition) is 3. The van der Waals surface area contributed by atoms with Gasteiger partial charge in [0, 0.05) is 12.8 Å². The average Bonchev–Trinajstić information content (AvgIpc) is 3.20. The molecule has 3 N–H and O–H groups in total. The Morgan fingerprint density at radius 1 is 0.500 bits per heavy atom. The smallest absolute Gasteiger partial charge is 0.305 e. The lowest BCUT2D eigenvalue weighted by Gasteiger charge is -2.22. The number of ether oxygens (including phenoxy) is 1. The Morgan fingerprint density at radius 2 is 0.911 bits per heavy atom. The van der Waals surface area contributed by atoms with Crippen LogP contribution in [0.1, 0.15) is 232 Å². The first-order chi connectivity index (χ1) is 27.5. The van der Waals surface area contributed by atoms with E-state index in [2.05, 4.69) is 61.7 Å². The van der Waals surface area contributed by atoms with Crippen LogP contribution in [0.25, 0.3) is 0 Å². The summed E-state index contributed by atoms with van der Waals surface area (Å²) in [5.41, 5.74) is 0. The van der Waals surface area contributed by atoms with Crippen LogP contribution in [0.15, 0.2) is 48.6 Å². The van der Waals surface area contributed by atoms with E-state index >= 15 is 0 Å². The van der Waals surface area contributed by atoms with Crippen LogP contribution in [0.5, 0.6) is 0 Å². The van der Waals surface area contributed by atoms with Crippen molar-refractivity contribution in [1.82, 2.24) is 5.32 Å². The van der Waals surface area contributed by atoms with Crippen LogP contribution in [0, 0.1) is 0 Å². The third kappa shape index (κ3) is 41.5. The second-order valence-electron chi connectivity index (χ2n) is 16.1. The maximum absolute atomic E-state index is 12.3. The highest BCUT2D eigenvalue weighted by atomic mass is 16.5. The monoisotopic (exact) mass is 786 g/mol. The highest BCUT2D eigenvalue weighted by Crippen LogP contribution is 2.14. The van der Waals surface area contributed by atoms with Crippen molar-refractivity contribution in [3.8, 4) is 0 Å². The highest BCUT2D eigenvalue weighted by molar-refractivity contribution is 5.76. The molecule has 0 bridgehead atoms. The summed E-state index contributed by atoms with van der Waals surface area (Å²) in [6, 6.07) is -0.584. The van der Waals surface area contributed by atoms with Crippen molar-refractivity contribution in [3.05, 3.63) is 48.6 Å². The fraction of sp³-hybridized carbons (Fsp3) is 0.800. The molecule has 6 nitrogen and oxygen atoms in total. The SMILES string of the molecule is CCCCC/C=C\C/C=C\CCCCCCCCCC(=O)OCCCCCCCC/C=C\C/C=C\CCC(=O)NC(CO)C(O)CCCCCCCCCCC. The number of aliphatic hydroxyl groups is 2. The van der Waals surface area contributed by atoms with E-state index in [0.717, 1.165) is 57.8 Å². The van der Waals surface area contributed by atoms with E-state index in [1.54, 1.807) is 0 Å². The molecule has 0 rings (SSSR count). The zero-order valence-electron chi connectivity index (χ0n) is 36.8. The molecule has 0 fully saturated rings. The van der Waals surface area contributed by atoms with Gasteiger partial charge in [0.05, 0.1) is 25.4 Å². The molecular weight excluding hydrogens is 695 g/mol. The highest BCUT2D eigenvalue weighted by Gasteiger charge is 2.19. The Labute approximate surface area is 346 Å². The van der Waals surface area contributed by atoms with Crippen LogP contribution < -0.4 is 5.32 Å². The van der Waals surface area contributed by atoms with Gasteiger partial charge in [0.25, 0.3) is 0 Å². The van der Waals surface area contributed by atoms with E-state index in [1.807, 2.05) is 6.08 Å². The van der Waals surface area contributed by atoms with Gasteiger partial charge in [-0.25, -0.2) is 0 Å². The predicted octanol–water partition coefficient (Wildman–Crippen LogP) is 13.9. The van der Waals surface area contributed by atoms with E-state index in [1.165, 1.54) is 135 Å². The number of unbranched alkanes of at least 4 members (excludes halogenated alkanes) is 24. The fourth-order valence-electron chi connectivity index (χ4n) is 6.89. The summed E-state index contributed by atoms with van der Waals surface area (Å²) < 4.78 is 5.45. The quantitative estimate of drug-likeness (QED) is 0.0325. The van der Waals surface area contributed by atoms with Crippen molar-refractivity contribution in [2.45, 2.75) is 244 Å². The molecule has 1 amide bonds. The molecule has 0 aromatic heterocycles. The topological polar surface area (TPSA) is 95.9 Å². The molecule has 326 valence electrons. The van der Waals surface area contributed by atoms with Gasteiger partial charge in [-0.05, 0) is 77.0 Å². The van der Waals surface area contributed by atoms with Crippen LogP contribution in [-0.2, 0) is 14.3 Å². The van der Waals surface area contributed by atoms with Gasteiger partial charge in [0.1, 0.15) is 0 Å². The number of carbonyl (C=O) groups is 2. The summed E-state index contributed by atoms with van der Waals surface area (Å²) in [5, 5.41) is 22.9. The molecular formula is C50H91NO5. The van der Waals surface area contributed by atoms with Gasteiger partial charge in [-0.1, -0.05) is 191 Å². The molecule has 0 saturated heterocycles. The number of amides is 1. The third-order valence-corrected chi connectivity index (χ3v) is 10.6. The largest absolute Gasteiger partial charge is 0.466 e. The third-order valence-electron chi connectivity index (χ3n) is 10.6. The minimum Gasteiger partial charge on any atom is -0.466 e. The molecule has 0 aromatic rings. The van der Waals surface area contributed by atoms with Crippen molar-refractivity contribution in [3.63, 3.8) is 0 Å². The molecule has 0 saturated carbocycles. The number of esters is 1. The van der Waals surface area contributed by atoms with Gasteiger partial charge < -0.3 is 20.3 Å². The maximum Gasteiger partial charge on any atom is 0.305 e. The van der Waals surface area contributed by atoms with E-state index in [9.17, 15) is 19.8 Å². The molecule has 56 heavy (non-hydrogen) atoms. The van der Waals surface area contributed by atoms with Crippen molar-refractivity contribution in [2.75, 3.05) is 13.2 Å². The van der Waals surface area contributed by atoms with E-state index in [-0.39, 0.29) is 18.5 Å². The second kappa shape index (κ2) is 45.5. The molecule has 0 radical (unpaired) electrons. The summed E-state index contributed by atoms with van der Waals surface area (Å²) in [5.74, 6) is -0.147. The standard InChI is InChI=1S/C50H91NO5/c1-3-5-7-9-11-13-14-15-16-17-18-21-24-28-32-36-40-44-50(55)56-45-41-37-33-29-25-22-19-20-23-27-31-35-39-43-49(54)51-47(46-52)48(53)42-38-34-30-26-12-10-8-6-4-2/h11,13,15-16,20,23,31,35,47-48,52-53H,3-10,12,14,17-19,21-22,24-30,32-34,36-46H2,1-2H3,(H,51,54)/b13-11-,16-15-,23-20-,35-31-. The van der Waals surface area contributed by atoms with Crippen molar-refractivity contribution in [2.24, 2.45) is 0 Å². The lowest BCUT2D eigenvalue weighted by atomic mass is 10.0. The predicted molar refractivity (Wildman–Crippen MR) is 241 cm³/mol. The lowest BCUT2D eigenvalue weighted by molar-refractivity contribution is -0.143. The Hall–Kier alpha value is -2.18. The summed E-state index contributed by atoms with van der Waals surface area (Å²) in [7, 11) is 0. The first-order valence-electron chi connectivity index (χ1n) is 23.9. The molecule has 0 aliphatic rings. The average molecular weight is 786 g/mol. The van der Waals surface area contributed by atoms with E-state index < -0.39 is 12.1 Å². The van der Waals surface area contributed by atoms with Gasteiger partial charge >= 0.3 is 5.97 Å². The Kier molecular flexibility index (Phi) is 43.7. The lowest BCUT2D eigenvalue weighted by Crippen LogP contribution is -2.45. The minimum atomic E-state index is -0.697. The molecule has 0 spiro atoms. The molecule has 0 aliphatic heterocycles. The molecule has 2 atom stereocenters. The summed E-state index contributed by atoms with van der Waals surface area (Å²) in [6.45, 7) is 4.82. The minimum absolute atomic E-state index is 0.0262. The van der Waals surface area contributed by atoms with Gasteiger partial charge in [0.2, 0.25) is 5.91 Å². The fourth-order valence-corrected chi connectivity index (χ4v) is 6.89. The number of rotatable bonds is 43. The van der Waals surface area contributed by atoms with Gasteiger partial charge in [0.15, 0.2) is 0 Å². The molecule has 0 heterocycles. The van der Waals surface area contributed by atoms with Crippen molar-refractivity contribution < 1.29 is 24.5 Å². The van der Waals surface area contributed by atoms with Crippen LogP contribution in [0.4, 0.5) is 0 Å². The Morgan fingerprint density at radius 3 is 1.43 bits per heavy atom. The number of nitrogens with one attached hydrogen (secondary N) is 1. The Balaban J connectivity index is 3.54. The number of carbonyl (C=O) groups excluding carboxylic acids is 2. The van der Waals surface area contributed by atoms with E-state index in [0.29, 0.717) is 32.3 Å². The first-order valence-corrected chi connectivity index (χ1v) is 23.9. The molecule has 0 aliphatic carbocycles. The zero-order chi connectivity index (χ0) is 40.8. The second-order valence-corrected chi connectivity index (χ2v) is 16.1. The van der Waals surface area contributed by atoms with Gasteiger partial charge in [-0.3, -0.25) is 9.59 Å². The van der Waals surface area contributed by atoms with Gasteiger partial charge in [-0.15, -0.1) is 0 Å². The molecule has 6 heteroatoms. The first kappa shape index (κ1) is 53.8. The summed E-state index contributed by atoms with van der Waals surface area (Å²) in [6.07, 6.45) is 55.2. The maximum atomic E-state index is 12.3. The zero-order valence-corrected chi connectivity index (χ0v) is 36.8.